The fourth-order valence-corrected chi connectivity index (χ4v) is 3.12. The Balaban J connectivity index is 2.02. The van der Waals surface area contributed by atoms with Crippen molar-refractivity contribution in [1.29, 1.82) is 0 Å². The maximum absolute atomic E-state index is 13.6. The third kappa shape index (κ3) is 4.47. The summed E-state index contributed by atoms with van der Waals surface area (Å²) in [6, 6.07) is 2.02. The van der Waals surface area contributed by atoms with Gasteiger partial charge in [-0.1, -0.05) is 0 Å². The minimum atomic E-state index is -4.76. The first-order chi connectivity index (χ1) is 13.5. The Morgan fingerprint density at radius 3 is 2.24 bits per heavy atom. The van der Waals surface area contributed by atoms with Crippen LogP contribution in [0.25, 0.3) is 11.3 Å². The number of halogens is 6. The normalized spacial score (nSPS) is 17.9. The minimum absolute atomic E-state index is 0.167. The zero-order valence-corrected chi connectivity index (χ0v) is 15.0. The van der Waals surface area contributed by atoms with E-state index in [1.807, 2.05) is 0 Å². The molecule has 158 valence electrons. The summed E-state index contributed by atoms with van der Waals surface area (Å²) in [6.45, 7) is 1.26. The Labute approximate surface area is 161 Å². The van der Waals surface area contributed by atoms with Crippen LogP contribution in [-0.4, -0.2) is 29.3 Å². The third-order valence-corrected chi connectivity index (χ3v) is 4.61. The molecule has 0 saturated carbocycles. The second-order valence-electron chi connectivity index (χ2n) is 6.66. The largest absolute Gasteiger partial charge is 0.420 e. The summed E-state index contributed by atoms with van der Waals surface area (Å²) < 4.78 is 79.5. The van der Waals surface area contributed by atoms with Crippen LogP contribution in [-0.2, 0) is 12.4 Å². The number of rotatable bonds is 3. The molecule has 0 amide bonds. The van der Waals surface area contributed by atoms with Crippen LogP contribution in [0.3, 0.4) is 0 Å². The molecule has 1 saturated heterocycles. The molecule has 3 rings (SSSR count). The van der Waals surface area contributed by atoms with Crippen molar-refractivity contribution in [1.82, 2.24) is 15.5 Å². The lowest BCUT2D eigenvalue weighted by molar-refractivity contribution is -0.137. The van der Waals surface area contributed by atoms with Crippen molar-refractivity contribution in [3.63, 3.8) is 0 Å². The summed E-state index contributed by atoms with van der Waals surface area (Å²) in [5.41, 5.74) is 7.05. The molecule has 0 radical (unpaired) electrons. The van der Waals surface area contributed by atoms with Gasteiger partial charge in [-0.3, -0.25) is 0 Å². The molecule has 12 heteroatoms. The molecule has 1 atom stereocenters. The molecule has 6 N–H and O–H groups in total. The number of anilines is 3. The lowest BCUT2D eigenvalue weighted by atomic mass is 10.0. The van der Waals surface area contributed by atoms with Gasteiger partial charge < -0.3 is 22.1 Å². The Kier molecular flexibility index (Phi) is 5.48. The minimum Gasteiger partial charge on any atom is -0.397 e. The summed E-state index contributed by atoms with van der Waals surface area (Å²) >= 11 is 0. The quantitative estimate of drug-likeness (QED) is 0.448. The zero-order chi connectivity index (χ0) is 21.4. The molecule has 0 aliphatic carbocycles. The summed E-state index contributed by atoms with van der Waals surface area (Å²) in [7, 11) is 0. The number of hydrogen-bond donors (Lipinski definition) is 4. The molecule has 1 aliphatic heterocycles. The number of nitrogens with zero attached hydrogens (tertiary/aromatic N) is 2. The molecule has 0 bridgehead atoms. The molecule has 0 spiro atoms. The first-order valence-electron chi connectivity index (χ1n) is 8.66. The molecule has 1 aromatic heterocycles. The van der Waals surface area contributed by atoms with Gasteiger partial charge in [0.2, 0.25) is 0 Å². The van der Waals surface area contributed by atoms with Crippen molar-refractivity contribution in [3.8, 4) is 11.3 Å². The van der Waals surface area contributed by atoms with Gasteiger partial charge in [-0.15, -0.1) is 10.2 Å². The number of alkyl halides is 6. The van der Waals surface area contributed by atoms with Gasteiger partial charge in [0, 0.05) is 18.2 Å². The smallest absolute Gasteiger partial charge is 0.397 e. The fraction of sp³-hybridized carbons (Fsp3) is 0.412. The number of benzene rings is 1. The second kappa shape index (κ2) is 7.58. The monoisotopic (exact) mass is 420 g/mol. The van der Waals surface area contributed by atoms with Gasteiger partial charge in [0.25, 0.3) is 0 Å². The van der Waals surface area contributed by atoms with E-state index in [-0.39, 0.29) is 17.3 Å². The summed E-state index contributed by atoms with van der Waals surface area (Å²) in [6.07, 6.45) is -8.05. The third-order valence-electron chi connectivity index (χ3n) is 4.61. The van der Waals surface area contributed by atoms with Crippen molar-refractivity contribution >= 4 is 17.2 Å². The molecule has 1 fully saturated rings. The van der Waals surface area contributed by atoms with E-state index in [4.69, 9.17) is 11.5 Å². The highest BCUT2D eigenvalue weighted by Crippen LogP contribution is 2.41. The first-order valence-corrected chi connectivity index (χ1v) is 8.66. The maximum Gasteiger partial charge on any atom is 0.420 e. The average Bonchev–Trinajstić information content (AvgIpc) is 2.63. The van der Waals surface area contributed by atoms with Crippen LogP contribution in [0.2, 0.25) is 0 Å². The van der Waals surface area contributed by atoms with Gasteiger partial charge >= 0.3 is 12.4 Å². The highest BCUT2D eigenvalue weighted by atomic mass is 19.4. The molecular formula is C17H18F6N6. The lowest BCUT2D eigenvalue weighted by Gasteiger charge is -2.25. The van der Waals surface area contributed by atoms with Crippen molar-refractivity contribution in [3.05, 3.63) is 29.3 Å². The standard InChI is InChI=1S/C17H18F6N6/c18-16(19,20)10-4-3-9(13(24)14(10)25)12-6-11(17(21,22)23)15(29-28-12)27-8-2-1-5-26-7-8/h3-4,6,8,26H,1-2,5,7,24-25H2,(H,27,29). The SMILES string of the molecule is Nc1c(-c2cc(C(F)(F)F)c(NC3CCCNC3)nn2)ccc(C(F)(F)F)c1N. The van der Waals surface area contributed by atoms with Gasteiger partial charge in [-0.05, 0) is 37.6 Å². The average molecular weight is 420 g/mol. The van der Waals surface area contributed by atoms with Crippen LogP contribution in [0.1, 0.15) is 24.0 Å². The van der Waals surface area contributed by atoms with E-state index in [1.54, 1.807) is 0 Å². The number of aromatic nitrogens is 2. The maximum atomic E-state index is 13.6. The van der Waals surface area contributed by atoms with E-state index < -0.39 is 40.7 Å². The van der Waals surface area contributed by atoms with E-state index in [0.29, 0.717) is 25.1 Å². The van der Waals surface area contributed by atoms with Gasteiger partial charge in [-0.2, -0.15) is 26.3 Å². The number of nitrogens with one attached hydrogen (secondary N) is 2. The lowest BCUT2D eigenvalue weighted by Crippen LogP contribution is -2.39. The molecule has 6 nitrogen and oxygen atoms in total. The number of hydrogen-bond acceptors (Lipinski definition) is 6. The molecule has 1 unspecified atom stereocenters. The number of nitrogens with two attached hydrogens (primary N) is 2. The van der Waals surface area contributed by atoms with E-state index in [1.165, 1.54) is 0 Å². The van der Waals surface area contributed by atoms with Gasteiger partial charge in [0.05, 0.1) is 22.6 Å². The highest BCUT2D eigenvalue weighted by molar-refractivity contribution is 5.85. The predicted molar refractivity (Wildman–Crippen MR) is 95.8 cm³/mol. The summed E-state index contributed by atoms with van der Waals surface area (Å²) in [5, 5.41) is 13.2. The van der Waals surface area contributed by atoms with E-state index in [2.05, 4.69) is 20.8 Å². The van der Waals surface area contributed by atoms with E-state index in [9.17, 15) is 26.3 Å². The summed E-state index contributed by atoms with van der Waals surface area (Å²) in [5.74, 6) is -0.451. The van der Waals surface area contributed by atoms with Crippen LogP contribution >= 0.6 is 0 Å². The molecule has 2 aromatic rings. The molecule has 2 heterocycles. The van der Waals surface area contributed by atoms with Crippen molar-refractivity contribution in [2.24, 2.45) is 0 Å². The topological polar surface area (TPSA) is 102 Å². The van der Waals surface area contributed by atoms with Crippen LogP contribution in [0.15, 0.2) is 18.2 Å². The van der Waals surface area contributed by atoms with Crippen LogP contribution in [0.5, 0.6) is 0 Å². The Bertz CT molecular complexity index is 889. The molecule has 29 heavy (non-hydrogen) atoms. The van der Waals surface area contributed by atoms with Gasteiger partial charge in [0.1, 0.15) is 5.56 Å². The molecule has 1 aromatic carbocycles. The van der Waals surface area contributed by atoms with Crippen LogP contribution in [0.4, 0.5) is 43.5 Å². The van der Waals surface area contributed by atoms with E-state index in [0.717, 1.165) is 19.0 Å². The summed E-state index contributed by atoms with van der Waals surface area (Å²) in [4.78, 5) is 0. The number of piperidine rings is 1. The van der Waals surface area contributed by atoms with Crippen molar-refractivity contribution < 1.29 is 26.3 Å². The van der Waals surface area contributed by atoms with Gasteiger partial charge in [0.15, 0.2) is 5.82 Å². The van der Waals surface area contributed by atoms with Crippen molar-refractivity contribution in [2.45, 2.75) is 31.2 Å². The first kappa shape index (κ1) is 21.0. The van der Waals surface area contributed by atoms with Crippen molar-refractivity contribution in [2.75, 3.05) is 29.9 Å². The van der Waals surface area contributed by atoms with E-state index >= 15 is 0 Å². The van der Waals surface area contributed by atoms with Gasteiger partial charge in [-0.25, -0.2) is 0 Å². The Hall–Kier alpha value is -2.76. The predicted octanol–water partition coefficient (Wildman–Crippen LogP) is 3.51. The number of nitrogen functional groups attached to an aromatic ring is 2. The molecular weight excluding hydrogens is 402 g/mol. The second-order valence-corrected chi connectivity index (χ2v) is 6.66. The molecule has 1 aliphatic rings. The Morgan fingerprint density at radius 1 is 0.966 bits per heavy atom. The van der Waals surface area contributed by atoms with Crippen LogP contribution in [0, 0.1) is 0 Å². The fourth-order valence-electron chi connectivity index (χ4n) is 3.12. The Morgan fingerprint density at radius 2 is 1.66 bits per heavy atom. The van der Waals surface area contributed by atoms with Crippen LogP contribution < -0.4 is 22.1 Å². The zero-order valence-electron chi connectivity index (χ0n) is 15.0. The highest BCUT2D eigenvalue weighted by Gasteiger charge is 2.37.